The third-order valence-corrected chi connectivity index (χ3v) is 3.72. The smallest absolute Gasteiger partial charge is 0.0215 e. The molecule has 0 aliphatic heterocycles. The van der Waals surface area contributed by atoms with Gasteiger partial charge in [0, 0.05) is 10.0 Å². The topological polar surface area (TPSA) is 26.0 Å². The highest BCUT2D eigenvalue weighted by atomic mass is 79.9. The lowest BCUT2D eigenvalue weighted by molar-refractivity contribution is 0.296. The number of hydrogen-bond donors (Lipinski definition) is 1. The molecule has 15 heavy (non-hydrogen) atoms. The summed E-state index contributed by atoms with van der Waals surface area (Å²) in [6, 6.07) is 8.41. The Kier molecular flexibility index (Phi) is 4.35. The van der Waals surface area contributed by atoms with Crippen LogP contribution in [0.4, 0.5) is 0 Å². The van der Waals surface area contributed by atoms with E-state index < -0.39 is 0 Å². The first kappa shape index (κ1) is 12.7. The summed E-state index contributed by atoms with van der Waals surface area (Å²) in [5.74, 6) is 0.501. The Bertz CT molecular complexity index is 322. The minimum Gasteiger partial charge on any atom is -0.325 e. The molecular formula is C13H20BrN. The fraction of sp³-hybridized carbons (Fsp3) is 0.538. The van der Waals surface area contributed by atoms with Crippen molar-refractivity contribution in [2.24, 2.45) is 11.7 Å². The summed E-state index contributed by atoms with van der Waals surface area (Å²) in [4.78, 5) is 0. The predicted octanol–water partition coefficient (Wildman–Crippen LogP) is 3.76. The van der Waals surface area contributed by atoms with Crippen LogP contribution in [-0.2, 0) is 6.42 Å². The summed E-state index contributed by atoms with van der Waals surface area (Å²) in [6.07, 6.45) is 1.96. The van der Waals surface area contributed by atoms with Crippen LogP contribution in [0.1, 0.15) is 32.8 Å². The van der Waals surface area contributed by atoms with Gasteiger partial charge < -0.3 is 5.73 Å². The van der Waals surface area contributed by atoms with Crippen LogP contribution in [0.2, 0.25) is 0 Å². The summed E-state index contributed by atoms with van der Waals surface area (Å²) < 4.78 is 1.13. The van der Waals surface area contributed by atoms with Crippen LogP contribution in [0.3, 0.4) is 0 Å². The van der Waals surface area contributed by atoms with Gasteiger partial charge in [-0.3, -0.25) is 0 Å². The van der Waals surface area contributed by atoms with Gasteiger partial charge in [0.1, 0.15) is 0 Å². The zero-order valence-corrected chi connectivity index (χ0v) is 11.3. The van der Waals surface area contributed by atoms with Gasteiger partial charge in [-0.1, -0.05) is 48.8 Å². The second kappa shape index (κ2) is 5.13. The van der Waals surface area contributed by atoms with E-state index in [1.165, 1.54) is 5.56 Å². The van der Waals surface area contributed by atoms with E-state index in [1.54, 1.807) is 0 Å². The molecule has 0 aromatic heterocycles. The Morgan fingerprint density at radius 3 is 2.53 bits per heavy atom. The average Bonchev–Trinajstić information content (AvgIpc) is 2.17. The molecule has 0 saturated carbocycles. The highest BCUT2D eigenvalue weighted by Crippen LogP contribution is 2.24. The highest BCUT2D eigenvalue weighted by molar-refractivity contribution is 9.10. The molecule has 1 rings (SSSR count). The van der Waals surface area contributed by atoms with Gasteiger partial charge in [-0.2, -0.15) is 0 Å². The second-order valence-corrected chi connectivity index (χ2v) is 5.46. The standard InChI is InChI=1S/C13H20BrN/c1-4-13(15,10(2)3)9-11-6-5-7-12(14)8-11/h5-8,10H,4,9,15H2,1-3H3. The largest absolute Gasteiger partial charge is 0.325 e. The van der Waals surface area contributed by atoms with E-state index in [2.05, 4.69) is 54.9 Å². The van der Waals surface area contributed by atoms with Gasteiger partial charge in [0.2, 0.25) is 0 Å². The maximum Gasteiger partial charge on any atom is 0.0215 e. The van der Waals surface area contributed by atoms with Crippen LogP contribution in [-0.4, -0.2) is 5.54 Å². The monoisotopic (exact) mass is 269 g/mol. The third kappa shape index (κ3) is 3.32. The van der Waals surface area contributed by atoms with Crippen LogP contribution >= 0.6 is 15.9 Å². The lowest BCUT2D eigenvalue weighted by atomic mass is 9.80. The fourth-order valence-electron chi connectivity index (χ4n) is 1.76. The van der Waals surface area contributed by atoms with E-state index in [9.17, 15) is 0 Å². The molecule has 0 saturated heterocycles. The SMILES string of the molecule is CCC(N)(Cc1cccc(Br)c1)C(C)C. The van der Waals surface area contributed by atoms with Crippen LogP contribution in [0.5, 0.6) is 0 Å². The van der Waals surface area contributed by atoms with Crippen molar-refractivity contribution in [3.05, 3.63) is 34.3 Å². The first-order valence-electron chi connectivity index (χ1n) is 5.51. The van der Waals surface area contributed by atoms with E-state index in [0.717, 1.165) is 17.3 Å². The van der Waals surface area contributed by atoms with E-state index in [4.69, 9.17) is 5.73 Å². The Hall–Kier alpha value is -0.340. The molecule has 84 valence electrons. The molecule has 1 aromatic carbocycles. The van der Waals surface area contributed by atoms with Crippen molar-refractivity contribution in [3.63, 3.8) is 0 Å². The number of rotatable bonds is 4. The van der Waals surface area contributed by atoms with E-state index in [-0.39, 0.29) is 5.54 Å². The summed E-state index contributed by atoms with van der Waals surface area (Å²) in [5.41, 5.74) is 7.63. The molecule has 2 heteroatoms. The number of halogens is 1. The van der Waals surface area contributed by atoms with Crippen molar-refractivity contribution in [1.29, 1.82) is 0 Å². The molecule has 1 atom stereocenters. The Morgan fingerprint density at radius 2 is 2.07 bits per heavy atom. The van der Waals surface area contributed by atoms with Crippen LogP contribution < -0.4 is 5.73 Å². The van der Waals surface area contributed by atoms with Gasteiger partial charge in [0.05, 0.1) is 0 Å². The second-order valence-electron chi connectivity index (χ2n) is 4.55. The van der Waals surface area contributed by atoms with Gasteiger partial charge in [0.25, 0.3) is 0 Å². The first-order valence-corrected chi connectivity index (χ1v) is 6.30. The molecular weight excluding hydrogens is 250 g/mol. The Morgan fingerprint density at radius 1 is 1.40 bits per heavy atom. The van der Waals surface area contributed by atoms with Crippen molar-refractivity contribution >= 4 is 15.9 Å². The number of benzene rings is 1. The van der Waals surface area contributed by atoms with Gasteiger partial charge in [-0.25, -0.2) is 0 Å². The van der Waals surface area contributed by atoms with Gasteiger partial charge in [0.15, 0.2) is 0 Å². The van der Waals surface area contributed by atoms with Gasteiger partial charge in [-0.05, 0) is 36.5 Å². The van der Waals surface area contributed by atoms with Crippen molar-refractivity contribution in [1.82, 2.24) is 0 Å². The predicted molar refractivity (Wildman–Crippen MR) is 69.9 cm³/mol. The van der Waals surface area contributed by atoms with Crippen molar-refractivity contribution in [2.45, 2.75) is 39.2 Å². The molecule has 0 radical (unpaired) electrons. The lowest BCUT2D eigenvalue weighted by Crippen LogP contribution is -2.46. The molecule has 0 heterocycles. The first-order chi connectivity index (χ1) is 6.98. The normalized spacial score (nSPS) is 15.3. The van der Waals surface area contributed by atoms with Crippen LogP contribution in [0.15, 0.2) is 28.7 Å². The molecule has 1 nitrogen and oxygen atoms in total. The molecule has 0 amide bonds. The number of hydrogen-bond acceptors (Lipinski definition) is 1. The molecule has 1 aromatic rings. The van der Waals surface area contributed by atoms with Crippen molar-refractivity contribution in [2.75, 3.05) is 0 Å². The van der Waals surface area contributed by atoms with Gasteiger partial charge >= 0.3 is 0 Å². The third-order valence-electron chi connectivity index (χ3n) is 3.23. The lowest BCUT2D eigenvalue weighted by Gasteiger charge is -2.32. The van der Waals surface area contributed by atoms with E-state index >= 15 is 0 Å². The summed E-state index contributed by atoms with van der Waals surface area (Å²) in [7, 11) is 0. The van der Waals surface area contributed by atoms with Crippen LogP contribution in [0, 0.1) is 5.92 Å². The molecule has 0 fully saturated rings. The highest BCUT2D eigenvalue weighted by Gasteiger charge is 2.26. The Balaban J connectivity index is 2.84. The van der Waals surface area contributed by atoms with Crippen LogP contribution in [0.25, 0.3) is 0 Å². The molecule has 0 bridgehead atoms. The zero-order valence-electron chi connectivity index (χ0n) is 9.76. The maximum atomic E-state index is 6.41. The molecule has 1 unspecified atom stereocenters. The minimum absolute atomic E-state index is 0.0825. The molecule has 2 N–H and O–H groups in total. The van der Waals surface area contributed by atoms with E-state index in [1.807, 2.05) is 6.07 Å². The fourth-order valence-corrected chi connectivity index (χ4v) is 2.21. The summed E-state index contributed by atoms with van der Waals surface area (Å²) in [5, 5.41) is 0. The zero-order chi connectivity index (χ0) is 11.5. The number of nitrogens with two attached hydrogens (primary N) is 1. The molecule has 0 spiro atoms. The quantitative estimate of drug-likeness (QED) is 0.885. The average molecular weight is 270 g/mol. The minimum atomic E-state index is -0.0825. The van der Waals surface area contributed by atoms with E-state index in [0.29, 0.717) is 5.92 Å². The van der Waals surface area contributed by atoms with Crippen molar-refractivity contribution < 1.29 is 0 Å². The molecule has 0 aliphatic carbocycles. The maximum absolute atomic E-state index is 6.41. The summed E-state index contributed by atoms with van der Waals surface area (Å²) in [6.45, 7) is 6.56. The van der Waals surface area contributed by atoms with Gasteiger partial charge in [-0.15, -0.1) is 0 Å². The summed E-state index contributed by atoms with van der Waals surface area (Å²) >= 11 is 3.49. The molecule has 0 aliphatic rings. The van der Waals surface area contributed by atoms with Crippen molar-refractivity contribution in [3.8, 4) is 0 Å². The Labute approximate surface area is 101 Å².